The summed E-state index contributed by atoms with van der Waals surface area (Å²) in [5, 5.41) is 13.2. The molecular weight excluding hydrogens is 406 g/mol. The van der Waals surface area contributed by atoms with Crippen molar-refractivity contribution in [3.8, 4) is 0 Å². The van der Waals surface area contributed by atoms with E-state index in [4.69, 9.17) is 4.74 Å². The van der Waals surface area contributed by atoms with Crippen LogP contribution in [-0.4, -0.2) is 46.3 Å². The van der Waals surface area contributed by atoms with E-state index in [0.717, 1.165) is 70.5 Å². The molecule has 31 heavy (non-hydrogen) atoms. The van der Waals surface area contributed by atoms with Gasteiger partial charge in [0, 0.05) is 47.5 Å². The molecule has 3 aliphatic rings. The van der Waals surface area contributed by atoms with Crippen LogP contribution in [0, 0.1) is 0 Å². The lowest BCUT2D eigenvalue weighted by Crippen LogP contribution is -2.50. The maximum absolute atomic E-state index is 9.71. The second kappa shape index (κ2) is 8.81. The van der Waals surface area contributed by atoms with E-state index in [1.54, 1.807) is 4.88 Å². The summed E-state index contributed by atoms with van der Waals surface area (Å²) in [4.78, 5) is 10.3. The highest BCUT2D eigenvalue weighted by atomic mass is 32.1. The van der Waals surface area contributed by atoms with Gasteiger partial charge in [-0.2, -0.15) is 0 Å². The molecule has 1 spiro atoms. The van der Waals surface area contributed by atoms with Gasteiger partial charge in [0.25, 0.3) is 0 Å². The number of aromatic nitrogens is 1. The number of likely N-dealkylation sites (tertiary alicyclic amines) is 1. The van der Waals surface area contributed by atoms with Gasteiger partial charge in [-0.25, -0.2) is 4.98 Å². The number of aliphatic hydroxyl groups excluding tert-OH is 1. The van der Waals surface area contributed by atoms with Gasteiger partial charge in [0.1, 0.15) is 5.82 Å². The summed E-state index contributed by atoms with van der Waals surface area (Å²) < 4.78 is 6.49. The fraction of sp³-hybridized carbons (Fsp3) is 0.640. The number of thiophene rings is 1. The van der Waals surface area contributed by atoms with Crippen LogP contribution >= 0.6 is 11.3 Å². The number of hydrogen-bond acceptors (Lipinski definition) is 6. The molecule has 0 unspecified atom stereocenters. The molecule has 2 aromatic heterocycles. The monoisotopic (exact) mass is 441 g/mol. The van der Waals surface area contributed by atoms with Crippen molar-refractivity contribution in [2.75, 3.05) is 18.5 Å². The number of nitrogens with zero attached hydrogens (tertiary/aromatic N) is 2. The summed E-state index contributed by atoms with van der Waals surface area (Å²) in [5.74, 6) is 0.917. The summed E-state index contributed by atoms with van der Waals surface area (Å²) in [7, 11) is 0. The van der Waals surface area contributed by atoms with Gasteiger partial charge < -0.3 is 15.2 Å². The van der Waals surface area contributed by atoms with Crippen molar-refractivity contribution in [1.82, 2.24) is 9.88 Å². The molecule has 1 aliphatic carbocycles. The topological polar surface area (TPSA) is 57.6 Å². The van der Waals surface area contributed by atoms with E-state index in [2.05, 4.69) is 47.2 Å². The fourth-order valence-corrected chi connectivity index (χ4v) is 6.82. The molecule has 6 heteroatoms. The number of aliphatic hydroxyl groups is 1. The standard InChI is InChI=1S/C25H35N3O2S/c1-3-21-13-22-23(31-21)8-11-30-25(22)9-10-28(17(2)14-25)16-18-4-7-24(26-15-18)27-19-5-6-20(29)12-19/h4,7,13,15,17,19-20,29H,3,5-6,8-12,14,16H2,1-2H3,(H,26,27)/t17-,19-,20-,25+/m0/s1. The molecule has 2 fully saturated rings. The van der Waals surface area contributed by atoms with Crippen LogP contribution in [0.3, 0.4) is 0 Å². The number of rotatable bonds is 5. The van der Waals surface area contributed by atoms with Crippen LogP contribution in [0.1, 0.15) is 66.8 Å². The third kappa shape index (κ3) is 4.40. The maximum atomic E-state index is 9.71. The minimum atomic E-state index is -0.160. The van der Waals surface area contributed by atoms with Crippen molar-refractivity contribution in [1.29, 1.82) is 0 Å². The molecule has 2 aromatic rings. The highest BCUT2D eigenvalue weighted by Crippen LogP contribution is 2.46. The molecule has 0 radical (unpaired) electrons. The fourth-order valence-electron chi connectivity index (χ4n) is 5.65. The first-order valence-electron chi connectivity index (χ1n) is 11.9. The molecule has 2 aliphatic heterocycles. The molecule has 4 heterocycles. The van der Waals surface area contributed by atoms with E-state index < -0.39 is 0 Å². The molecule has 2 N–H and O–H groups in total. The lowest BCUT2D eigenvalue weighted by molar-refractivity contribution is -0.112. The number of anilines is 1. The van der Waals surface area contributed by atoms with Crippen LogP contribution < -0.4 is 5.32 Å². The highest BCUT2D eigenvalue weighted by molar-refractivity contribution is 7.12. The predicted octanol–water partition coefficient (Wildman–Crippen LogP) is 4.48. The smallest absolute Gasteiger partial charge is 0.126 e. The lowest BCUT2D eigenvalue weighted by Gasteiger charge is -2.47. The quantitative estimate of drug-likeness (QED) is 0.716. The first-order valence-corrected chi connectivity index (χ1v) is 12.8. The van der Waals surface area contributed by atoms with E-state index in [-0.39, 0.29) is 11.7 Å². The Morgan fingerprint density at radius 1 is 1.35 bits per heavy atom. The third-order valence-electron chi connectivity index (χ3n) is 7.43. The third-order valence-corrected chi connectivity index (χ3v) is 8.76. The second-order valence-corrected chi connectivity index (χ2v) is 10.9. The Balaban J connectivity index is 1.21. The van der Waals surface area contributed by atoms with Gasteiger partial charge in [0.15, 0.2) is 0 Å². The lowest BCUT2D eigenvalue weighted by atomic mass is 9.79. The Bertz CT molecular complexity index is 899. The Kier molecular flexibility index (Phi) is 6.08. The first kappa shape index (κ1) is 21.4. The molecular formula is C25H35N3O2S. The van der Waals surface area contributed by atoms with E-state index in [1.807, 2.05) is 17.5 Å². The number of aryl methyl sites for hydroxylation is 1. The second-order valence-electron chi connectivity index (χ2n) is 9.63. The Labute approximate surface area is 189 Å². The maximum Gasteiger partial charge on any atom is 0.126 e. The predicted molar refractivity (Wildman–Crippen MR) is 126 cm³/mol. The largest absolute Gasteiger partial charge is 0.393 e. The minimum absolute atomic E-state index is 0.0781. The number of nitrogens with one attached hydrogen (secondary N) is 1. The van der Waals surface area contributed by atoms with Crippen LogP contribution in [0.15, 0.2) is 24.4 Å². The Morgan fingerprint density at radius 3 is 2.97 bits per heavy atom. The zero-order valence-corrected chi connectivity index (χ0v) is 19.6. The van der Waals surface area contributed by atoms with Crippen LogP contribution in [0.2, 0.25) is 0 Å². The van der Waals surface area contributed by atoms with E-state index in [9.17, 15) is 5.11 Å². The van der Waals surface area contributed by atoms with E-state index >= 15 is 0 Å². The zero-order chi connectivity index (χ0) is 21.4. The average molecular weight is 442 g/mol. The highest BCUT2D eigenvalue weighted by Gasteiger charge is 2.44. The molecule has 168 valence electrons. The van der Waals surface area contributed by atoms with Crippen molar-refractivity contribution in [2.45, 2.75) is 89.1 Å². The Hall–Kier alpha value is -1.47. The minimum Gasteiger partial charge on any atom is -0.393 e. The van der Waals surface area contributed by atoms with Gasteiger partial charge in [0.2, 0.25) is 0 Å². The number of hydrogen-bond donors (Lipinski definition) is 2. The molecule has 0 aromatic carbocycles. The average Bonchev–Trinajstić information content (AvgIpc) is 3.38. The van der Waals surface area contributed by atoms with Gasteiger partial charge in [-0.3, -0.25) is 4.90 Å². The summed E-state index contributed by atoms with van der Waals surface area (Å²) in [5.41, 5.74) is 2.67. The molecule has 5 nitrogen and oxygen atoms in total. The van der Waals surface area contributed by atoms with Crippen LogP contribution in [0.5, 0.6) is 0 Å². The van der Waals surface area contributed by atoms with Crippen molar-refractivity contribution in [3.05, 3.63) is 45.3 Å². The number of piperidine rings is 1. The number of fused-ring (bicyclic) bond motifs is 2. The molecule has 4 atom stereocenters. The van der Waals surface area contributed by atoms with Gasteiger partial charge in [-0.15, -0.1) is 11.3 Å². The van der Waals surface area contributed by atoms with Crippen molar-refractivity contribution in [3.63, 3.8) is 0 Å². The van der Waals surface area contributed by atoms with Crippen LogP contribution in [0.4, 0.5) is 5.82 Å². The van der Waals surface area contributed by atoms with Crippen LogP contribution in [-0.2, 0) is 29.7 Å². The SMILES string of the molecule is CCc1cc2c(s1)CCO[C@@]21CCN(Cc2ccc(N[C@H]3CC[C@H](O)C3)nc2)[C@@H](C)C1. The van der Waals surface area contributed by atoms with Crippen molar-refractivity contribution >= 4 is 17.2 Å². The molecule has 1 saturated carbocycles. The molecule has 5 rings (SSSR count). The van der Waals surface area contributed by atoms with Crippen LogP contribution in [0.25, 0.3) is 0 Å². The summed E-state index contributed by atoms with van der Waals surface area (Å²) in [6, 6.07) is 7.53. The normalized spacial score (nSPS) is 31.1. The van der Waals surface area contributed by atoms with Gasteiger partial charge in [-0.1, -0.05) is 13.0 Å². The summed E-state index contributed by atoms with van der Waals surface area (Å²) >= 11 is 2.00. The number of pyridine rings is 1. The van der Waals surface area contributed by atoms with Gasteiger partial charge in [0.05, 0.1) is 18.3 Å². The number of ether oxygens (including phenoxy) is 1. The molecule has 1 saturated heterocycles. The molecule has 0 amide bonds. The summed E-state index contributed by atoms with van der Waals surface area (Å²) in [6.45, 7) is 7.45. The summed E-state index contributed by atoms with van der Waals surface area (Å²) in [6.07, 6.45) is 8.91. The first-order chi connectivity index (χ1) is 15.0. The van der Waals surface area contributed by atoms with E-state index in [0.29, 0.717) is 12.1 Å². The Morgan fingerprint density at radius 2 is 2.26 bits per heavy atom. The van der Waals surface area contributed by atoms with Gasteiger partial charge in [-0.05, 0) is 68.7 Å². The van der Waals surface area contributed by atoms with Crippen molar-refractivity contribution < 1.29 is 9.84 Å². The van der Waals surface area contributed by atoms with E-state index in [1.165, 1.54) is 16.0 Å². The van der Waals surface area contributed by atoms with Crippen molar-refractivity contribution in [2.24, 2.45) is 0 Å². The van der Waals surface area contributed by atoms with Gasteiger partial charge >= 0.3 is 0 Å². The molecule has 0 bridgehead atoms. The zero-order valence-electron chi connectivity index (χ0n) is 18.8.